The topological polar surface area (TPSA) is 67.2 Å². The second-order valence-electron chi connectivity index (χ2n) is 9.17. The highest BCUT2D eigenvalue weighted by Gasteiger charge is 2.20. The Bertz CT molecular complexity index is 1320. The molecule has 4 rings (SSSR count). The Morgan fingerprint density at radius 2 is 1.61 bits per heavy atom. The number of hydrogen-bond donors (Lipinski definition) is 1. The van der Waals surface area contributed by atoms with Gasteiger partial charge in [-0.3, -0.25) is 19.5 Å². The molecule has 6 heteroatoms. The molecule has 36 heavy (non-hydrogen) atoms. The van der Waals surface area contributed by atoms with Crippen LogP contribution in [0.25, 0.3) is 16.9 Å². The third-order valence-electron chi connectivity index (χ3n) is 6.17. The van der Waals surface area contributed by atoms with Crippen molar-refractivity contribution in [2.24, 2.45) is 0 Å². The first-order valence-electron chi connectivity index (χ1n) is 12.3. The molecule has 6 nitrogen and oxygen atoms in total. The minimum atomic E-state index is -0.303. The van der Waals surface area contributed by atoms with Crippen LogP contribution in [0.4, 0.5) is 5.95 Å². The standard InChI is InChI=1S/C30H32N4O2/c1-5-33(29(36)25-13-11-22(4)12-14-25)20-28(35)32-30-31-27(24-9-7-6-8-10-24)19-34(30)26-17-15-23(16-18-26)21(2)3/h6-19,21H,5,20H2,1-4H3,(H,31,32,35). The van der Waals surface area contributed by atoms with Gasteiger partial charge in [-0.1, -0.05) is 74.0 Å². The first-order chi connectivity index (χ1) is 17.4. The molecule has 2 amide bonds. The Kier molecular flexibility index (Phi) is 7.64. The summed E-state index contributed by atoms with van der Waals surface area (Å²) in [6, 6.07) is 25.5. The maximum absolute atomic E-state index is 13.1. The Labute approximate surface area is 212 Å². The summed E-state index contributed by atoms with van der Waals surface area (Å²) in [5, 5.41) is 2.94. The zero-order valence-corrected chi connectivity index (χ0v) is 21.2. The van der Waals surface area contributed by atoms with Gasteiger partial charge in [0.2, 0.25) is 11.9 Å². The normalized spacial score (nSPS) is 10.9. The first kappa shape index (κ1) is 24.9. The Morgan fingerprint density at radius 1 is 0.944 bits per heavy atom. The van der Waals surface area contributed by atoms with E-state index in [4.69, 9.17) is 4.98 Å². The number of likely N-dealkylation sites (N-methyl/N-ethyl adjacent to an activating group) is 1. The Morgan fingerprint density at radius 3 is 2.22 bits per heavy atom. The number of carbonyl (C=O) groups is 2. The van der Waals surface area contributed by atoms with E-state index >= 15 is 0 Å². The zero-order valence-electron chi connectivity index (χ0n) is 21.2. The highest BCUT2D eigenvalue weighted by Crippen LogP contribution is 2.25. The molecule has 1 aromatic heterocycles. The van der Waals surface area contributed by atoms with Crippen molar-refractivity contribution in [3.8, 4) is 16.9 Å². The smallest absolute Gasteiger partial charge is 0.254 e. The lowest BCUT2D eigenvalue weighted by Crippen LogP contribution is -2.38. The van der Waals surface area contributed by atoms with E-state index in [2.05, 4.69) is 31.3 Å². The van der Waals surface area contributed by atoms with E-state index in [-0.39, 0.29) is 18.4 Å². The molecule has 0 unspecified atom stereocenters. The van der Waals surface area contributed by atoms with Crippen molar-refractivity contribution >= 4 is 17.8 Å². The first-order valence-corrected chi connectivity index (χ1v) is 12.3. The molecule has 0 saturated carbocycles. The van der Waals surface area contributed by atoms with Crippen LogP contribution >= 0.6 is 0 Å². The maximum atomic E-state index is 13.1. The summed E-state index contributed by atoms with van der Waals surface area (Å²) in [5.74, 6) is 0.356. The van der Waals surface area contributed by atoms with Crippen LogP contribution in [0.2, 0.25) is 0 Å². The number of nitrogens with zero attached hydrogens (tertiary/aromatic N) is 3. The SMILES string of the molecule is CCN(CC(=O)Nc1nc(-c2ccccc2)cn1-c1ccc(C(C)C)cc1)C(=O)c1ccc(C)cc1. The van der Waals surface area contributed by atoms with Crippen LogP contribution in [0.15, 0.2) is 85.1 Å². The van der Waals surface area contributed by atoms with Crippen LogP contribution in [0, 0.1) is 6.92 Å². The Balaban J connectivity index is 1.59. The molecule has 4 aromatic rings. The average Bonchev–Trinajstić information content (AvgIpc) is 3.31. The van der Waals surface area contributed by atoms with E-state index in [9.17, 15) is 9.59 Å². The maximum Gasteiger partial charge on any atom is 0.254 e. The van der Waals surface area contributed by atoms with E-state index < -0.39 is 0 Å². The summed E-state index contributed by atoms with van der Waals surface area (Å²) in [7, 11) is 0. The van der Waals surface area contributed by atoms with E-state index in [0.717, 1.165) is 22.5 Å². The van der Waals surface area contributed by atoms with Crippen LogP contribution in [-0.2, 0) is 4.79 Å². The minimum absolute atomic E-state index is 0.0664. The van der Waals surface area contributed by atoms with Gasteiger partial charge in [0.25, 0.3) is 5.91 Å². The number of nitrogens with one attached hydrogen (secondary N) is 1. The van der Waals surface area contributed by atoms with Crippen molar-refractivity contribution in [1.82, 2.24) is 14.5 Å². The minimum Gasteiger partial charge on any atom is -0.330 e. The molecule has 0 atom stereocenters. The predicted molar refractivity (Wildman–Crippen MR) is 144 cm³/mol. The highest BCUT2D eigenvalue weighted by molar-refractivity contribution is 5.99. The molecule has 184 valence electrons. The lowest BCUT2D eigenvalue weighted by molar-refractivity contribution is -0.116. The summed E-state index contributed by atoms with van der Waals surface area (Å²) in [5.41, 5.74) is 5.48. The number of aromatic nitrogens is 2. The summed E-state index contributed by atoms with van der Waals surface area (Å²) in [6.45, 7) is 8.50. The zero-order chi connectivity index (χ0) is 25.7. The van der Waals surface area contributed by atoms with E-state index in [1.807, 2.05) is 79.2 Å². The van der Waals surface area contributed by atoms with Crippen LogP contribution in [-0.4, -0.2) is 39.4 Å². The van der Waals surface area contributed by atoms with Crippen LogP contribution < -0.4 is 5.32 Å². The fourth-order valence-electron chi connectivity index (χ4n) is 3.98. The second-order valence-corrected chi connectivity index (χ2v) is 9.17. The molecular weight excluding hydrogens is 448 g/mol. The van der Waals surface area contributed by atoms with Gasteiger partial charge in [0.1, 0.15) is 6.54 Å². The summed E-state index contributed by atoms with van der Waals surface area (Å²) < 4.78 is 1.88. The molecule has 1 N–H and O–H groups in total. The molecule has 0 radical (unpaired) electrons. The average molecular weight is 481 g/mol. The number of hydrogen-bond acceptors (Lipinski definition) is 3. The quantitative estimate of drug-likeness (QED) is 0.333. The van der Waals surface area contributed by atoms with Gasteiger partial charge >= 0.3 is 0 Å². The fourth-order valence-corrected chi connectivity index (χ4v) is 3.98. The van der Waals surface area contributed by atoms with Gasteiger partial charge in [-0.15, -0.1) is 0 Å². The largest absolute Gasteiger partial charge is 0.330 e. The number of anilines is 1. The third kappa shape index (κ3) is 5.71. The van der Waals surface area contributed by atoms with Gasteiger partial charge in [0, 0.05) is 29.6 Å². The third-order valence-corrected chi connectivity index (χ3v) is 6.17. The van der Waals surface area contributed by atoms with Crippen LogP contribution in [0.1, 0.15) is 48.2 Å². The lowest BCUT2D eigenvalue weighted by Gasteiger charge is -2.20. The molecule has 0 aliphatic carbocycles. The predicted octanol–water partition coefficient (Wildman–Crippen LogP) is 6.07. The lowest BCUT2D eigenvalue weighted by atomic mass is 10.0. The van der Waals surface area contributed by atoms with Crippen molar-refractivity contribution in [3.63, 3.8) is 0 Å². The second kappa shape index (κ2) is 11.0. The van der Waals surface area contributed by atoms with Gasteiger partial charge < -0.3 is 4.90 Å². The Hall–Kier alpha value is -4.19. The van der Waals surface area contributed by atoms with Gasteiger partial charge in [-0.2, -0.15) is 0 Å². The molecule has 3 aromatic carbocycles. The molecule has 0 bridgehead atoms. The molecular formula is C30H32N4O2. The van der Waals surface area contributed by atoms with E-state index in [1.54, 1.807) is 12.1 Å². The van der Waals surface area contributed by atoms with E-state index in [0.29, 0.717) is 24.0 Å². The molecule has 0 aliphatic rings. The monoisotopic (exact) mass is 480 g/mol. The summed E-state index contributed by atoms with van der Waals surface area (Å²) in [4.78, 5) is 32.3. The molecule has 0 saturated heterocycles. The van der Waals surface area contributed by atoms with Gasteiger partial charge in [0.05, 0.1) is 5.69 Å². The number of amides is 2. The number of carbonyl (C=O) groups excluding carboxylic acids is 2. The number of aryl methyl sites for hydroxylation is 1. The molecule has 0 fully saturated rings. The van der Waals surface area contributed by atoms with Gasteiger partial charge in [-0.25, -0.2) is 4.98 Å². The van der Waals surface area contributed by atoms with Crippen molar-refractivity contribution in [1.29, 1.82) is 0 Å². The van der Waals surface area contributed by atoms with Gasteiger partial charge in [-0.05, 0) is 49.6 Å². The summed E-state index contributed by atoms with van der Waals surface area (Å²) >= 11 is 0. The van der Waals surface area contributed by atoms with Crippen molar-refractivity contribution < 1.29 is 9.59 Å². The van der Waals surface area contributed by atoms with Crippen LogP contribution in [0.3, 0.4) is 0 Å². The molecule has 0 spiro atoms. The fraction of sp³-hybridized carbons (Fsp3) is 0.233. The highest BCUT2D eigenvalue weighted by atomic mass is 16.2. The summed E-state index contributed by atoms with van der Waals surface area (Å²) in [6.07, 6.45) is 1.92. The van der Waals surface area contributed by atoms with Crippen molar-refractivity contribution in [2.75, 3.05) is 18.4 Å². The van der Waals surface area contributed by atoms with Crippen LogP contribution in [0.5, 0.6) is 0 Å². The number of imidazole rings is 1. The van der Waals surface area contributed by atoms with Crippen molar-refractivity contribution in [2.45, 2.75) is 33.6 Å². The molecule has 0 aliphatic heterocycles. The number of benzene rings is 3. The van der Waals surface area contributed by atoms with E-state index in [1.165, 1.54) is 10.5 Å². The van der Waals surface area contributed by atoms with Gasteiger partial charge in [0.15, 0.2) is 0 Å². The number of rotatable bonds is 8. The van der Waals surface area contributed by atoms with Crippen molar-refractivity contribution in [3.05, 3.63) is 102 Å². The molecule has 1 heterocycles.